The lowest BCUT2D eigenvalue weighted by molar-refractivity contribution is 0.949. The monoisotopic (exact) mass is 350 g/mol. The van der Waals surface area contributed by atoms with E-state index < -0.39 is 0 Å². The van der Waals surface area contributed by atoms with E-state index in [2.05, 4.69) is 63.4 Å². The van der Waals surface area contributed by atoms with E-state index in [1.54, 1.807) is 0 Å². The number of thiophene rings is 1. The van der Waals surface area contributed by atoms with Gasteiger partial charge in [0.05, 0.1) is 0 Å². The number of benzene rings is 1. The fourth-order valence-electron chi connectivity index (χ4n) is 2.56. The van der Waals surface area contributed by atoms with Gasteiger partial charge in [-0.2, -0.15) is 0 Å². The molecule has 1 N–H and O–H groups in total. The first-order chi connectivity index (χ1) is 9.72. The molecule has 4 heteroatoms. The number of hydrogen-bond donors (Lipinski definition) is 1. The van der Waals surface area contributed by atoms with Gasteiger partial charge in [-0.15, -0.1) is 11.3 Å². The minimum atomic E-state index is 0.889. The molecule has 0 saturated carbocycles. The topological polar surface area (TPSA) is 15.3 Å². The normalized spacial score (nSPS) is 14.8. The van der Waals surface area contributed by atoms with Gasteiger partial charge in [0, 0.05) is 45.2 Å². The third-order valence-corrected chi connectivity index (χ3v) is 5.85. The highest BCUT2D eigenvalue weighted by molar-refractivity contribution is 9.10. The van der Waals surface area contributed by atoms with E-state index >= 15 is 0 Å². The molecule has 2 heterocycles. The maximum Gasteiger partial charge on any atom is 0.0494 e. The summed E-state index contributed by atoms with van der Waals surface area (Å²) in [5.41, 5.74) is 2.54. The molecular formula is C16H19BrN2S. The zero-order valence-corrected chi connectivity index (χ0v) is 14.1. The Morgan fingerprint density at radius 1 is 1.20 bits per heavy atom. The Morgan fingerprint density at radius 2 is 1.90 bits per heavy atom. The number of hydrogen-bond acceptors (Lipinski definition) is 3. The number of nitrogens with zero attached hydrogens (tertiary/aromatic N) is 1. The minimum Gasteiger partial charge on any atom is -0.380 e. The molecule has 0 unspecified atom stereocenters. The molecule has 3 rings (SSSR count). The number of rotatable bonds is 4. The first-order valence-corrected chi connectivity index (χ1v) is 8.67. The molecule has 0 radical (unpaired) electrons. The van der Waals surface area contributed by atoms with Crippen LogP contribution in [0.25, 0.3) is 0 Å². The summed E-state index contributed by atoms with van der Waals surface area (Å²) in [6.45, 7) is 5.44. The minimum absolute atomic E-state index is 0.889. The van der Waals surface area contributed by atoms with Crippen LogP contribution < -0.4 is 10.2 Å². The molecule has 0 amide bonds. The molecule has 106 valence electrons. The Labute approximate surface area is 132 Å². The van der Waals surface area contributed by atoms with Crippen molar-refractivity contribution in [1.29, 1.82) is 0 Å². The quantitative estimate of drug-likeness (QED) is 0.831. The number of aryl methyl sites for hydroxylation is 1. The number of anilines is 2. The van der Waals surface area contributed by atoms with E-state index in [0.717, 1.165) is 6.54 Å². The van der Waals surface area contributed by atoms with Crippen LogP contribution >= 0.6 is 27.3 Å². The lowest BCUT2D eigenvalue weighted by atomic mass is 10.2. The molecule has 2 nitrogen and oxygen atoms in total. The highest BCUT2D eigenvalue weighted by atomic mass is 79.9. The molecule has 0 atom stereocenters. The van der Waals surface area contributed by atoms with E-state index in [4.69, 9.17) is 0 Å². The molecule has 0 aliphatic carbocycles. The van der Waals surface area contributed by atoms with Crippen LogP contribution in [-0.4, -0.2) is 13.1 Å². The molecule has 2 aromatic rings. The molecule has 1 aromatic carbocycles. The SMILES string of the molecule is Cc1sc(CNc2ccc(N3CCCC3)cc2)cc1Br. The van der Waals surface area contributed by atoms with Gasteiger partial charge in [0.2, 0.25) is 0 Å². The van der Waals surface area contributed by atoms with Gasteiger partial charge >= 0.3 is 0 Å². The summed E-state index contributed by atoms with van der Waals surface area (Å²) in [4.78, 5) is 5.16. The standard InChI is InChI=1S/C16H19BrN2S/c1-12-16(17)10-15(20-12)11-18-13-4-6-14(7-5-13)19-8-2-3-9-19/h4-7,10,18H,2-3,8-9,11H2,1H3. The van der Waals surface area contributed by atoms with E-state index in [9.17, 15) is 0 Å². The van der Waals surface area contributed by atoms with Crippen LogP contribution in [0.4, 0.5) is 11.4 Å². The lowest BCUT2D eigenvalue weighted by Crippen LogP contribution is -2.17. The maximum absolute atomic E-state index is 3.57. The summed E-state index contributed by atoms with van der Waals surface area (Å²) in [6, 6.07) is 11.0. The van der Waals surface area contributed by atoms with Crippen LogP contribution in [0.2, 0.25) is 0 Å². The Hall–Kier alpha value is -1.000. The molecule has 0 spiro atoms. The predicted molar refractivity (Wildman–Crippen MR) is 92.0 cm³/mol. The van der Waals surface area contributed by atoms with Crippen molar-refractivity contribution >= 4 is 38.6 Å². The molecule has 0 bridgehead atoms. The fraction of sp³-hybridized carbons (Fsp3) is 0.375. The Balaban J connectivity index is 1.60. The van der Waals surface area contributed by atoms with Gasteiger partial charge in [-0.25, -0.2) is 0 Å². The summed E-state index contributed by atoms with van der Waals surface area (Å²) < 4.78 is 1.21. The summed E-state index contributed by atoms with van der Waals surface area (Å²) in [7, 11) is 0. The summed E-state index contributed by atoms with van der Waals surface area (Å²) in [6.07, 6.45) is 2.65. The van der Waals surface area contributed by atoms with Crippen molar-refractivity contribution in [2.75, 3.05) is 23.3 Å². The zero-order chi connectivity index (χ0) is 13.9. The number of halogens is 1. The molecule has 20 heavy (non-hydrogen) atoms. The van der Waals surface area contributed by atoms with Crippen LogP contribution in [0.1, 0.15) is 22.6 Å². The highest BCUT2D eigenvalue weighted by Crippen LogP contribution is 2.27. The Kier molecular flexibility index (Phi) is 4.32. The predicted octanol–water partition coefficient (Wildman–Crippen LogP) is 5.03. The van der Waals surface area contributed by atoms with Crippen LogP contribution in [0.15, 0.2) is 34.8 Å². The third-order valence-electron chi connectivity index (χ3n) is 3.71. The van der Waals surface area contributed by atoms with E-state index in [0.29, 0.717) is 0 Å². The Bertz CT molecular complexity index is 551. The van der Waals surface area contributed by atoms with E-state index in [1.807, 2.05) is 11.3 Å². The van der Waals surface area contributed by atoms with Crippen molar-refractivity contribution < 1.29 is 0 Å². The largest absolute Gasteiger partial charge is 0.380 e. The summed E-state index contributed by atoms with van der Waals surface area (Å²) in [5.74, 6) is 0. The van der Waals surface area contributed by atoms with Gasteiger partial charge in [-0.3, -0.25) is 0 Å². The zero-order valence-electron chi connectivity index (χ0n) is 11.7. The van der Waals surface area contributed by atoms with Gasteiger partial charge in [0.25, 0.3) is 0 Å². The molecule has 1 saturated heterocycles. The highest BCUT2D eigenvalue weighted by Gasteiger charge is 2.11. The second kappa shape index (κ2) is 6.19. The molecule has 1 aliphatic heterocycles. The average Bonchev–Trinajstić information content (AvgIpc) is 3.08. The molecular weight excluding hydrogens is 332 g/mol. The van der Waals surface area contributed by atoms with Gasteiger partial charge in [0.1, 0.15) is 0 Å². The second-order valence-corrected chi connectivity index (χ2v) is 7.41. The van der Waals surface area contributed by atoms with Crippen molar-refractivity contribution in [1.82, 2.24) is 0 Å². The van der Waals surface area contributed by atoms with Crippen molar-refractivity contribution in [2.45, 2.75) is 26.3 Å². The summed E-state index contributed by atoms with van der Waals surface area (Å²) >= 11 is 5.41. The smallest absolute Gasteiger partial charge is 0.0494 e. The van der Waals surface area contributed by atoms with Crippen LogP contribution in [0.3, 0.4) is 0 Å². The van der Waals surface area contributed by atoms with Crippen LogP contribution in [0.5, 0.6) is 0 Å². The van der Waals surface area contributed by atoms with E-state index in [-0.39, 0.29) is 0 Å². The van der Waals surface area contributed by atoms with Gasteiger partial charge in [0.15, 0.2) is 0 Å². The van der Waals surface area contributed by atoms with Crippen molar-refractivity contribution in [2.24, 2.45) is 0 Å². The first kappa shape index (κ1) is 14.0. The second-order valence-electron chi connectivity index (χ2n) is 5.21. The average molecular weight is 351 g/mol. The third kappa shape index (κ3) is 3.18. The van der Waals surface area contributed by atoms with Crippen molar-refractivity contribution in [3.63, 3.8) is 0 Å². The van der Waals surface area contributed by atoms with Crippen LogP contribution in [-0.2, 0) is 6.54 Å². The first-order valence-electron chi connectivity index (χ1n) is 7.06. The van der Waals surface area contributed by atoms with Crippen LogP contribution in [0, 0.1) is 6.92 Å². The number of nitrogens with one attached hydrogen (secondary N) is 1. The van der Waals surface area contributed by atoms with Gasteiger partial charge in [-0.1, -0.05) is 0 Å². The molecule has 1 aromatic heterocycles. The Morgan fingerprint density at radius 3 is 2.50 bits per heavy atom. The summed E-state index contributed by atoms with van der Waals surface area (Å²) in [5, 5.41) is 3.49. The fourth-order valence-corrected chi connectivity index (χ4v) is 4.10. The lowest BCUT2D eigenvalue weighted by Gasteiger charge is -2.17. The molecule has 1 fully saturated rings. The van der Waals surface area contributed by atoms with Gasteiger partial charge in [-0.05, 0) is 66.0 Å². The van der Waals surface area contributed by atoms with Gasteiger partial charge < -0.3 is 10.2 Å². The van der Waals surface area contributed by atoms with Crippen molar-refractivity contribution in [3.8, 4) is 0 Å². The van der Waals surface area contributed by atoms with E-state index in [1.165, 1.54) is 51.5 Å². The van der Waals surface area contributed by atoms with Crippen molar-refractivity contribution in [3.05, 3.63) is 44.6 Å². The maximum atomic E-state index is 3.57. The molecule has 1 aliphatic rings.